The number of H-pyrrole nitrogens is 1. The van der Waals surface area contributed by atoms with Gasteiger partial charge in [0.05, 0.1) is 6.61 Å². The van der Waals surface area contributed by atoms with Crippen LogP contribution in [-0.4, -0.2) is 16.6 Å². The van der Waals surface area contributed by atoms with E-state index in [9.17, 15) is 4.79 Å². The van der Waals surface area contributed by atoms with Crippen molar-refractivity contribution in [2.75, 3.05) is 6.61 Å². The first-order valence-electron chi connectivity index (χ1n) is 6.73. The third-order valence-corrected chi connectivity index (χ3v) is 3.54. The molecule has 0 amide bonds. The van der Waals surface area contributed by atoms with Crippen molar-refractivity contribution in [1.29, 1.82) is 0 Å². The van der Waals surface area contributed by atoms with Crippen LogP contribution in [0.1, 0.15) is 19.3 Å². The molecule has 1 saturated carbocycles. The molecule has 1 fully saturated rings. The molecule has 1 aliphatic rings. The van der Waals surface area contributed by atoms with E-state index in [1.54, 1.807) is 18.2 Å². The van der Waals surface area contributed by atoms with Gasteiger partial charge in [-0.15, -0.1) is 0 Å². The van der Waals surface area contributed by atoms with Crippen molar-refractivity contribution in [1.82, 2.24) is 9.97 Å². The Morgan fingerprint density at radius 3 is 2.48 bits per heavy atom. The molecule has 21 heavy (non-hydrogen) atoms. The molecule has 2 aromatic heterocycles. The highest BCUT2D eigenvalue weighted by molar-refractivity contribution is 6.29. The zero-order valence-electron chi connectivity index (χ0n) is 11.4. The molecule has 6 heteroatoms. The molecular weight excluding hydrogens is 311 g/mol. The van der Waals surface area contributed by atoms with E-state index in [0.717, 1.165) is 12.5 Å². The molecule has 0 atom stereocenters. The number of halogens is 2. The molecule has 2 aromatic rings. The lowest BCUT2D eigenvalue weighted by molar-refractivity contribution is 0.175. The number of nitrogens with one attached hydrogen (secondary N) is 1. The summed E-state index contributed by atoms with van der Waals surface area (Å²) in [6.45, 7) is 0.785. The lowest BCUT2D eigenvalue weighted by Gasteiger charge is -2.24. The molecule has 1 aliphatic carbocycles. The average molecular weight is 327 g/mol. The van der Waals surface area contributed by atoms with Gasteiger partial charge in [0.25, 0.3) is 0 Å². The Morgan fingerprint density at radius 2 is 1.95 bits per heavy atom. The fourth-order valence-electron chi connectivity index (χ4n) is 1.75. The van der Waals surface area contributed by atoms with Crippen LogP contribution >= 0.6 is 23.2 Å². The number of nitrogens with zero attached hydrogens (tertiary/aromatic N) is 1. The Labute approximate surface area is 133 Å². The summed E-state index contributed by atoms with van der Waals surface area (Å²) in [5.74, 6) is 1.38. The fourth-order valence-corrected chi connectivity index (χ4v) is 2.08. The van der Waals surface area contributed by atoms with Gasteiger partial charge in [-0.05, 0) is 30.9 Å². The van der Waals surface area contributed by atoms with E-state index in [1.807, 2.05) is 12.1 Å². The highest BCUT2D eigenvalue weighted by Gasteiger charge is 2.17. The van der Waals surface area contributed by atoms with Crippen LogP contribution in [0.4, 0.5) is 0 Å². The van der Waals surface area contributed by atoms with Crippen LogP contribution in [0, 0.1) is 5.92 Å². The molecule has 0 bridgehead atoms. The lowest BCUT2D eigenvalue weighted by Crippen LogP contribution is -2.19. The molecule has 0 saturated heterocycles. The molecule has 0 radical (unpaired) electrons. The van der Waals surface area contributed by atoms with Gasteiger partial charge >= 0.3 is 0 Å². The molecule has 1 N–H and O–H groups in total. The zero-order chi connectivity index (χ0) is 15.1. The quantitative estimate of drug-likeness (QED) is 0.869. The van der Waals surface area contributed by atoms with E-state index >= 15 is 0 Å². The largest absolute Gasteiger partial charge is 0.477 e. The summed E-state index contributed by atoms with van der Waals surface area (Å²) in [6, 6.07) is 10.1. The van der Waals surface area contributed by atoms with E-state index in [1.165, 1.54) is 25.3 Å². The van der Waals surface area contributed by atoms with Gasteiger partial charge in [-0.25, -0.2) is 4.98 Å². The first-order chi connectivity index (χ1) is 10.1. The molecule has 112 valence electrons. The molecule has 3 rings (SSSR count). The van der Waals surface area contributed by atoms with Crippen molar-refractivity contribution in [2.24, 2.45) is 5.92 Å². The third kappa shape index (κ3) is 5.78. The predicted molar refractivity (Wildman–Crippen MR) is 84.2 cm³/mol. The molecule has 4 nitrogen and oxygen atoms in total. The zero-order valence-corrected chi connectivity index (χ0v) is 12.9. The lowest BCUT2D eigenvalue weighted by atomic mass is 9.86. The summed E-state index contributed by atoms with van der Waals surface area (Å²) in [6.07, 6.45) is 3.93. The van der Waals surface area contributed by atoms with Crippen molar-refractivity contribution >= 4 is 23.2 Å². The van der Waals surface area contributed by atoms with E-state index in [-0.39, 0.29) is 5.56 Å². The highest BCUT2D eigenvalue weighted by atomic mass is 35.5. The molecule has 0 aromatic carbocycles. The number of ether oxygens (including phenoxy) is 1. The van der Waals surface area contributed by atoms with Gasteiger partial charge in [0.15, 0.2) is 0 Å². The number of rotatable bonds is 3. The summed E-state index contributed by atoms with van der Waals surface area (Å²) >= 11 is 11.1. The Balaban J connectivity index is 0.000000173. The normalized spacial score (nSPS) is 13.8. The van der Waals surface area contributed by atoms with Gasteiger partial charge in [-0.1, -0.05) is 41.8 Å². The standard InChI is InChI=1S/C10H12ClNO.C5H4ClNO/c11-9-5-2-6-10(12-9)13-7-8-3-1-4-8;6-4-2-1-3-5(8)7-4/h2,5-6,8H,1,3-4,7H2;1-3H,(H,7,8). The summed E-state index contributed by atoms with van der Waals surface area (Å²) in [5.41, 5.74) is -0.169. The minimum absolute atomic E-state index is 0.169. The first-order valence-corrected chi connectivity index (χ1v) is 7.49. The number of aromatic nitrogens is 2. The van der Waals surface area contributed by atoms with Crippen LogP contribution < -0.4 is 10.3 Å². The van der Waals surface area contributed by atoms with E-state index in [0.29, 0.717) is 16.2 Å². The Morgan fingerprint density at radius 1 is 1.19 bits per heavy atom. The molecule has 0 aliphatic heterocycles. The third-order valence-electron chi connectivity index (χ3n) is 3.11. The fraction of sp³-hybridized carbons (Fsp3) is 0.333. The Hall–Kier alpha value is -1.52. The van der Waals surface area contributed by atoms with Gasteiger partial charge in [-0.3, -0.25) is 4.79 Å². The summed E-state index contributed by atoms with van der Waals surface area (Å²) in [7, 11) is 0. The van der Waals surface area contributed by atoms with Crippen LogP contribution in [0.3, 0.4) is 0 Å². The Bertz CT molecular complexity index is 627. The average Bonchev–Trinajstić information content (AvgIpc) is 2.37. The van der Waals surface area contributed by atoms with E-state index in [4.69, 9.17) is 27.9 Å². The topological polar surface area (TPSA) is 55.0 Å². The maximum atomic E-state index is 10.4. The number of pyridine rings is 2. The van der Waals surface area contributed by atoms with Crippen molar-refractivity contribution in [3.8, 4) is 5.88 Å². The van der Waals surface area contributed by atoms with E-state index in [2.05, 4.69) is 9.97 Å². The van der Waals surface area contributed by atoms with Crippen LogP contribution in [0.25, 0.3) is 0 Å². The first kappa shape index (κ1) is 15.9. The van der Waals surface area contributed by atoms with Crippen LogP contribution in [0.5, 0.6) is 5.88 Å². The predicted octanol–water partition coefficient (Wildman–Crippen LogP) is 3.94. The van der Waals surface area contributed by atoms with Crippen LogP contribution in [-0.2, 0) is 0 Å². The maximum Gasteiger partial charge on any atom is 0.249 e. The second-order valence-corrected chi connectivity index (χ2v) is 5.56. The smallest absolute Gasteiger partial charge is 0.249 e. The monoisotopic (exact) mass is 326 g/mol. The maximum absolute atomic E-state index is 10.4. The SMILES string of the molecule is Clc1cccc(OCC2CCC2)n1.O=c1cccc(Cl)[nH]1. The van der Waals surface area contributed by atoms with Crippen molar-refractivity contribution in [2.45, 2.75) is 19.3 Å². The van der Waals surface area contributed by atoms with Crippen molar-refractivity contribution in [3.63, 3.8) is 0 Å². The minimum atomic E-state index is -0.169. The number of aromatic amines is 1. The van der Waals surface area contributed by atoms with Gasteiger partial charge < -0.3 is 9.72 Å². The van der Waals surface area contributed by atoms with Gasteiger partial charge in [-0.2, -0.15) is 0 Å². The van der Waals surface area contributed by atoms with Gasteiger partial charge in [0, 0.05) is 12.1 Å². The second kappa shape index (κ2) is 8.05. The van der Waals surface area contributed by atoms with E-state index < -0.39 is 0 Å². The molecule has 0 spiro atoms. The summed E-state index contributed by atoms with van der Waals surface area (Å²) in [4.78, 5) is 16.8. The van der Waals surface area contributed by atoms with Crippen molar-refractivity contribution in [3.05, 3.63) is 57.1 Å². The minimum Gasteiger partial charge on any atom is -0.477 e. The summed E-state index contributed by atoms with van der Waals surface area (Å²) < 4.78 is 5.50. The van der Waals surface area contributed by atoms with Crippen LogP contribution in [0.15, 0.2) is 41.2 Å². The number of hydrogen-bond donors (Lipinski definition) is 1. The molecular formula is C15H16Cl2N2O2. The highest BCUT2D eigenvalue weighted by Crippen LogP contribution is 2.26. The summed E-state index contributed by atoms with van der Waals surface area (Å²) in [5, 5.41) is 0.864. The molecule has 0 unspecified atom stereocenters. The van der Waals surface area contributed by atoms with Crippen LogP contribution in [0.2, 0.25) is 10.3 Å². The van der Waals surface area contributed by atoms with Gasteiger partial charge in [0.2, 0.25) is 11.4 Å². The number of hydrogen-bond acceptors (Lipinski definition) is 3. The van der Waals surface area contributed by atoms with Crippen molar-refractivity contribution < 1.29 is 4.74 Å². The second-order valence-electron chi connectivity index (χ2n) is 4.77. The van der Waals surface area contributed by atoms with Gasteiger partial charge in [0.1, 0.15) is 10.3 Å². The Kier molecular flexibility index (Phi) is 6.08. The molecule has 2 heterocycles.